The fourth-order valence-electron chi connectivity index (χ4n) is 1.39. The van der Waals surface area contributed by atoms with Gasteiger partial charge in [0.15, 0.2) is 11.9 Å². The first-order valence-corrected chi connectivity index (χ1v) is 5.40. The number of hydrogen-bond acceptors (Lipinski definition) is 6. The molecule has 8 nitrogen and oxygen atoms in total. The Bertz CT molecular complexity index is 642. The molecule has 2 N–H and O–H groups in total. The third-order valence-electron chi connectivity index (χ3n) is 2.17. The predicted octanol–water partition coefficient (Wildman–Crippen LogP) is 2.24. The molecule has 8 heteroatoms. The average molecular weight is 275 g/mol. The van der Waals surface area contributed by atoms with E-state index in [1.165, 1.54) is 30.5 Å². The average Bonchev–Trinajstić information content (AvgIpc) is 2.39. The summed E-state index contributed by atoms with van der Waals surface area (Å²) >= 11 is 0. The Morgan fingerprint density at radius 2 is 1.95 bits per heavy atom. The maximum Gasteiger partial charge on any atom is 0.409 e. The maximum atomic E-state index is 10.6. The maximum absolute atomic E-state index is 10.6. The lowest BCUT2D eigenvalue weighted by Gasteiger charge is -2.06. The van der Waals surface area contributed by atoms with E-state index in [0.29, 0.717) is 11.5 Å². The van der Waals surface area contributed by atoms with Crippen molar-refractivity contribution in [1.82, 2.24) is 4.98 Å². The number of ether oxygens (including phenoxy) is 2. The summed E-state index contributed by atoms with van der Waals surface area (Å²) in [5, 5.41) is 10.5. The van der Waals surface area contributed by atoms with Crippen molar-refractivity contribution >= 4 is 11.9 Å². The van der Waals surface area contributed by atoms with Gasteiger partial charge < -0.3 is 25.3 Å². The van der Waals surface area contributed by atoms with E-state index in [-0.39, 0.29) is 11.6 Å². The predicted molar refractivity (Wildman–Crippen MR) is 67.6 cm³/mol. The zero-order chi connectivity index (χ0) is 14.5. The topological polar surface area (TPSA) is 118 Å². The molecule has 2 aromatic rings. The Labute approximate surface area is 112 Å². The Hall–Kier alpha value is -3.16. The molecule has 0 spiro atoms. The van der Waals surface area contributed by atoms with E-state index < -0.39 is 11.0 Å². The first-order valence-electron chi connectivity index (χ1n) is 5.40. The van der Waals surface area contributed by atoms with Gasteiger partial charge >= 0.3 is 11.9 Å². The first kappa shape index (κ1) is 13.3. The van der Waals surface area contributed by atoms with Gasteiger partial charge in [0.2, 0.25) is 0 Å². The van der Waals surface area contributed by atoms with Crippen molar-refractivity contribution < 1.29 is 19.2 Å². The summed E-state index contributed by atoms with van der Waals surface area (Å²) in [5.41, 5.74) is 4.90. The Morgan fingerprint density at radius 1 is 1.20 bits per heavy atom. The number of nitro groups is 1. The lowest BCUT2D eigenvalue weighted by Crippen LogP contribution is -2.16. The van der Waals surface area contributed by atoms with E-state index in [2.05, 4.69) is 4.98 Å². The van der Waals surface area contributed by atoms with Crippen molar-refractivity contribution in [2.75, 3.05) is 0 Å². The summed E-state index contributed by atoms with van der Waals surface area (Å²) in [6, 6.07) is 8.84. The third-order valence-corrected chi connectivity index (χ3v) is 2.17. The quantitative estimate of drug-likeness (QED) is 0.675. The summed E-state index contributed by atoms with van der Waals surface area (Å²) in [5.74, 6) is 0.638. The minimum absolute atomic E-state index is 0.227. The Morgan fingerprint density at radius 3 is 2.55 bits per heavy atom. The lowest BCUT2D eigenvalue weighted by atomic mass is 10.3. The highest BCUT2D eigenvalue weighted by atomic mass is 16.6. The van der Waals surface area contributed by atoms with E-state index in [9.17, 15) is 14.9 Å². The van der Waals surface area contributed by atoms with Crippen LogP contribution in [0.1, 0.15) is 0 Å². The normalized spacial score (nSPS) is 9.80. The van der Waals surface area contributed by atoms with Gasteiger partial charge in [-0.15, -0.1) is 0 Å². The molecule has 20 heavy (non-hydrogen) atoms. The molecule has 0 unspecified atom stereocenters. The zero-order valence-electron chi connectivity index (χ0n) is 10.1. The fraction of sp³-hybridized carbons (Fsp3) is 0. The molecule has 102 valence electrons. The van der Waals surface area contributed by atoms with Gasteiger partial charge in [0, 0.05) is 12.1 Å². The van der Waals surface area contributed by atoms with Crippen LogP contribution in [0.4, 0.5) is 10.6 Å². The summed E-state index contributed by atoms with van der Waals surface area (Å²) in [7, 11) is 0. The summed E-state index contributed by atoms with van der Waals surface area (Å²) in [4.78, 5) is 24.1. The molecule has 1 heterocycles. The van der Waals surface area contributed by atoms with Crippen molar-refractivity contribution in [3.8, 4) is 17.2 Å². The van der Waals surface area contributed by atoms with Crippen molar-refractivity contribution in [3.05, 3.63) is 52.7 Å². The fourth-order valence-corrected chi connectivity index (χ4v) is 1.39. The number of primary amides is 1. The molecule has 1 aromatic heterocycles. The van der Waals surface area contributed by atoms with Gasteiger partial charge in [0.1, 0.15) is 11.5 Å². The second kappa shape index (κ2) is 5.65. The number of pyridine rings is 1. The van der Waals surface area contributed by atoms with Crippen LogP contribution in [0.3, 0.4) is 0 Å². The molecule has 0 saturated carbocycles. The number of benzene rings is 1. The zero-order valence-corrected chi connectivity index (χ0v) is 10.1. The number of carbonyl (C=O) groups excluding carboxylic acids is 1. The van der Waals surface area contributed by atoms with Crippen molar-refractivity contribution in [1.29, 1.82) is 0 Å². The van der Waals surface area contributed by atoms with Crippen LogP contribution in [0.15, 0.2) is 42.6 Å². The summed E-state index contributed by atoms with van der Waals surface area (Å²) in [6.45, 7) is 0. The van der Waals surface area contributed by atoms with Gasteiger partial charge in [-0.1, -0.05) is 6.07 Å². The van der Waals surface area contributed by atoms with Crippen LogP contribution in [0.5, 0.6) is 17.2 Å². The van der Waals surface area contributed by atoms with E-state index in [4.69, 9.17) is 15.2 Å². The number of hydrogen-bond donors (Lipinski definition) is 1. The van der Waals surface area contributed by atoms with Gasteiger partial charge in [-0.3, -0.25) is 0 Å². The van der Waals surface area contributed by atoms with Crippen LogP contribution >= 0.6 is 0 Å². The van der Waals surface area contributed by atoms with Gasteiger partial charge in [-0.05, 0) is 28.1 Å². The molecule has 0 aliphatic heterocycles. The van der Waals surface area contributed by atoms with Crippen LogP contribution in [0.2, 0.25) is 0 Å². The Balaban J connectivity index is 2.13. The monoisotopic (exact) mass is 275 g/mol. The molecule has 0 fully saturated rings. The first-order chi connectivity index (χ1) is 9.54. The van der Waals surface area contributed by atoms with Gasteiger partial charge in [-0.2, -0.15) is 0 Å². The molecule has 1 aromatic carbocycles. The van der Waals surface area contributed by atoms with E-state index in [1.54, 1.807) is 12.1 Å². The highest BCUT2D eigenvalue weighted by Gasteiger charge is 2.08. The molecule has 0 saturated heterocycles. The molecule has 0 aliphatic rings. The smallest absolute Gasteiger partial charge is 0.409 e. The van der Waals surface area contributed by atoms with E-state index in [0.717, 1.165) is 0 Å². The second-order valence-corrected chi connectivity index (χ2v) is 3.61. The molecule has 1 amide bonds. The minimum atomic E-state index is -0.931. The summed E-state index contributed by atoms with van der Waals surface area (Å²) < 4.78 is 10.1. The van der Waals surface area contributed by atoms with Crippen molar-refractivity contribution in [2.24, 2.45) is 5.73 Å². The molecular weight excluding hydrogens is 266 g/mol. The van der Waals surface area contributed by atoms with Gasteiger partial charge in [-0.25, -0.2) is 4.79 Å². The standard InChI is InChI=1S/C12H9N3O5/c13-12(16)20-9-3-1-2-8(6-9)19-10-4-5-11(14-7-10)15(17)18/h1-7H,(H2,13,16). The van der Waals surface area contributed by atoms with Crippen molar-refractivity contribution in [3.63, 3.8) is 0 Å². The molecular formula is C12H9N3O5. The lowest BCUT2D eigenvalue weighted by molar-refractivity contribution is -0.389. The molecule has 0 atom stereocenters. The number of nitrogens with two attached hydrogens (primary N) is 1. The van der Waals surface area contributed by atoms with E-state index >= 15 is 0 Å². The number of carbonyl (C=O) groups is 1. The van der Waals surface area contributed by atoms with Crippen LogP contribution < -0.4 is 15.2 Å². The molecule has 0 aliphatic carbocycles. The highest BCUT2D eigenvalue weighted by molar-refractivity contribution is 5.68. The van der Waals surface area contributed by atoms with Crippen LogP contribution in [-0.4, -0.2) is 16.0 Å². The van der Waals surface area contributed by atoms with Gasteiger partial charge in [0.25, 0.3) is 0 Å². The molecule has 2 rings (SSSR count). The second-order valence-electron chi connectivity index (χ2n) is 3.61. The Kier molecular flexibility index (Phi) is 3.75. The molecule has 0 radical (unpaired) electrons. The van der Waals surface area contributed by atoms with Crippen LogP contribution in [0, 0.1) is 10.1 Å². The van der Waals surface area contributed by atoms with Gasteiger partial charge in [0.05, 0.1) is 0 Å². The minimum Gasteiger partial charge on any atom is -0.453 e. The molecule has 0 bridgehead atoms. The van der Waals surface area contributed by atoms with Crippen LogP contribution in [0.25, 0.3) is 0 Å². The van der Waals surface area contributed by atoms with Crippen molar-refractivity contribution in [2.45, 2.75) is 0 Å². The van der Waals surface area contributed by atoms with E-state index in [1.807, 2.05) is 0 Å². The third kappa shape index (κ3) is 3.42. The number of nitrogens with zero attached hydrogens (tertiary/aromatic N) is 2. The number of aromatic nitrogens is 1. The highest BCUT2D eigenvalue weighted by Crippen LogP contribution is 2.25. The van der Waals surface area contributed by atoms with Crippen LogP contribution in [-0.2, 0) is 0 Å². The largest absolute Gasteiger partial charge is 0.453 e. The summed E-state index contributed by atoms with van der Waals surface area (Å²) in [6.07, 6.45) is 0.291. The SMILES string of the molecule is NC(=O)Oc1cccc(Oc2ccc([N+](=O)[O-])nc2)c1. The number of rotatable bonds is 4. The number of amides is 1.